The summed E-state index contributed by atoms with van der Waals surface area (Å²) in [6.45, 7) is 6.65. The van der Waals surface area contributed by atoms with E-state index in [0.29, 0.717) is 0 Å². The maximum atomic E-state index is 5.45. The zero-order chi connectivity index (χ0) is 10.2. The zero-order valence-corrected chi connectivity index (χ0v) is 8.87. The molecule has 0 aliphatic rings. The molecule has 0 aromatic carbocycles. The van der Waals surface area contributed by atoms with E-state index < -0.39 is 0 Å². The standard InChI is InChI=1S/C12H15NO/c1-12(2,3)6-10-8-13-7-9-4-5-14-11(9)10/h4-5,7-8H,6H2,1-3H3. The SMILES string of the molecule is CC(C)(C)Cc1cncc2ccoc12. The molecular formula is C12H15NO. The van der Waals surface area contributed by atoms with Crippen LogP contribution in [0.3, 0.4) is 0 Å². The van der Waals surface area contributed by atoms with Gasteiger partial charge in [-0.15, -0.1) is 0 Å². The van der Waals surface area contributed by atoms with E-state index in [1.54, 1.807) is 6.26 Å². The lowest BCUT2D eigenvalue weighted by molar-refractivity contribution is 0.409. The minimum Gasteiger partial charge on any atom is -0.464 e. The van der Waals surface area contributed by atoms with E-state index in [9.17, 15) is 0 Å². The molecule has 2 aromatic rings. The van der Waals surface area contributed by atoms with Crippen LogP contribution in [0.4, 0.5) is 0 Å². The molecule has 2 rings (SSSR count). The topological polar surface area (TPSA) is 26.0 Å². The van der Waals surface area contributed by atoms with Gasteiger partial charge in [0.25, 0.3) is 0 Å². The van der Waals surface area contributed by atoms with Crippen molar-refractivity contribution < 1.29 is 4.42 Å². The summed E-state index contributed by atoms with van der Waals surface area (Å²) in [5.74, 6) is 0. The van der Waals surface area contributed by atoms with Crippen LogP contribution in [0, 0.1) is 5.41 Å². The first kappa shape index (κ1) is 9.25. The molecule has 2 nitrogen and oxygen atoms in total. The van der Waals surface area contributed by atoms with Gasteiger partial charge >= 0.3 is 0 Å². The number of hydrogen-bond acceptors (Lipinski definition) is 2. The van der Waals surface area contributed by atoms with Gasteiger partial charge < -0.3 is 4.42 Å². The molecule has 0 bridgehead atoms. The van der Waals surface area contributed by atoms with Crippen LogP contribution >= 0.6 is 0 Å². The van der Waals surface area contributed by atoms with Crippen molar-refractivity contribution in [2.24, 2.45) is 5.41 Å². The highest BCUT2D eigenvalue weighted by Gasteiger charge is 2.14. The van der Waals surface area contributed by atoms with Gasteiger partial charge in [0.15, 0.2) is 0 Å². The normalized spacial score (nSPS) is 12.2. The average molecular weight is 189 g/mol. The number of furan rings is 1. The Morgan fingerprint density at radius 1 is 1.29 bits per heavy atom. The Balaban J connectivity index is 2.46. The van der Waals surface area contributed by atoms with E-state index >= 15 is 0 Å². The van der Waals surface area contributed by atoms with Crippen molar-refractivity contribution in [2.45, 2.75) is 27.2 Å². The third kappa shape index (κ3) is 1.79. The first-order chi connectivity index (χ1) is 6.56. The number of rotatable bonds is 1. The molecule has 0 radical (unpaired) electrons. The van der Waals surface area contributed by atoms with Gasteiger partial charge in [0.1, 0.15) is 5.58 Å². The minimum atomic E-state index is 0.267. The summed E-state index contributed by atoms with van der Waals surface area (Å²) in [7, 11) is 0. The molecule has 2 heteroatoms. The van der Waals surface area contributed by atoms with E-state index in [4.69, 9.17) is 4.42 Å². The number of hydrogen-bond donors (Lipinski definition) is 0. The Bertz CT molecular complexity index is 437. The van der Waals surface area contributed by atoms with Crippen molar-refractivity contribution in [1.29, 1.82) is 0 Å². The van der Waals surface area contributed by atoms with E-state index in [1.165, 1.54) is 5.56 Å². The molecule has 0 atom stereocenters. The third-order valence-electron chi connectivity index (χ3n) is 2.15. The second kappa shape index (κ2) is 3.12. The Labute approximate surface area is 84.0 Å². The Kier molecular flexibility index (Phi) is 2.06. The van der Waals surface area contributed by atoms with Crippen LogP contribution in [0.5, 0.6) is 0 Å². The lowest BCUT2D eigenvalue weighted by Crippen LogP contribution is -2.09. The summed E-state index contributed by atoms with van der Waals surface area (Å²) in [5, 5.41) is 1.09. The van der Waals surface area contributed by atoms with Crippen LogP contribution in [-0.2, 0) is 6.42 Å². The van der Waals surface area contributed by atoms with Gasteiger partial charge in [0, 0.05) is 23.3 Å². The molecule has 0 fully saturated rings. The molecule has 14 heavy (non-hydrogen) atoms. The first-order valence-electron chi connectivity index (χ1n) is 4.86. The molecule has 0 aliphatic heterocycles. The largest absolute Gasteiger partial charge is 0.464 e. The highest BCUT2D eigenvalue weighted by molar-refractivity contribution is 5.78. The lowest BCUT2D eigenvalue weighted by atomic mass is 9.88. The summed E-state index contributed by atoms with van der Waals surface area (Å²) in [6, 6.07) is 1.95. The van der Waals surface area contributed by atoms with Crippen molar-refractivity contribution >= 4 is 11.0 Å². The zero-order valence-electron chi connectivity index (χ0n) is 8.87. The fourth-order valence-corrected chi connectivity index (χ4v) is 1.65. The molecule has 2 heterocycles. The van der Waals surface area contributed by atoms with Gasteiger partial charge in [0.05, 0.1) is 6.26 Å². The summed E-state index contributed by atoms with van der Waals surface area (Å²) in [6.07, 6.45) is 6.45. The van der Waals surface area contributed by atoms with Gasteiger partial charge in [-0.1, -0.05) is 20.8 Å². The van der Waals surface area contributed by atoms with Gasteiger partial charge in [-0.05, 0) is 17.9 Å². The summed E-state index contributed by atoms with van der Waals surface area (Å²) in [4.78, 5) is 4.21. The molecule has 0 spiro atoms. The molecule has 0 aliphatic carbocycles. The summed E-state index contributed by atoms with van der Waals surface area (Å²) < 4.78 is 5.45. The highest BCUT2D eigenvalue weighted by Crippen LogP contribution is 2.26. The second-order valence-electron chi connectivity index (χ2n) is 4.88. The second-order valence-corrected chi connectivity index (χ2v) is 4.88. The van der Waals surface area contributed by atoms with Crippen LogP contribution in [0.1, 0.15) is 26.3 Å². The first-order valence-corrected chi connectivity index (χ1v) is 4.86. The summed E-state index contributed by atoms with van der Waals surface area (Å²) in [5.41, 5.74) is 2.44. The molecule has 0 amide bonds. The third-order valence-corrected chi connectivity index (χ3v) is 2.15. The van der Waals surface area contributed by atoms with E-state index in [-0.39, 0.29) is 5.41 Å². The monoisotopic (exact) mass is 189 g/mol. The van der Waals surface area contributed by atoms with Crippen molar-refractivity contribution in [1.82, 2.24) is 4.98 Å². The number of pyridine rings is 1. The van der Waals surface area contributed by atoms with Crippen LogP contribution in [0.15, 0.2) is 29.1 Å². The molecule has 0 saturated heterocycles. The predicted octanol–water partition coefficient (Wildman–Crippen LogP) is 3.42. The Hall–Kier alpha value is -1.31. The molecule has 74 valence electrons. The maximum Gasteiger partial charge on any atom is 0.140 e. The van der Waals surface area contributed by atoms with Gasteiger partial charge in [0.2, 0.25) is 0 Å². The van der Waals surface area contributed by atoms with E-state index in [2.05, 4.69) is 25.8 Å². The van der Waals surface area contributed by atoms with Gasteiger partial charge in [-0.3, -0.25) is 4.98 Å². The van der Waals surface area contributed by atoms with Crippen molar-refractivity contribution in [3.63, 3.8) is 0 Å². The van der Waals surface area contributed by atoms with E-state index in [1.807, 2.05) is 18.5 Å². The molecule has 0 unspecified atom stereocenters. The van der Waals surface area contributed by atoms with Gasteiger partial charge in [-0.25, -0.2) is 0 Å². The average Bonchev–Trinajstić information content (AvgIpc) is 2.49. The fourth-order valence-electron chi connectivity index (χ4n) is 1.65. The highest BCUT2D eigenvalue weighted by atomic mass is 16.3. The quantitative estimate of drug-likeness (QED) is 0.687. The Morgan fingerprint density at radius 2 is 2.07 bits per heavy atom. The fraction of sp³-hybridized carbons (Fsp3) is 0.417. The van der Waals surface area contributed by atoms with Crippen molar-refractivity contribution in [3.8, 4) is 0 Å². The van der Waals surface area contributed by atoms with Crippen LogP contribution in [-0.4, -0.2) is 4.98 Å². The lowest BCUT2D eigenvalue weighted by Gasteiger charge is -2.17. The van der Waals surface area contributed by atoms with Crippen molar-refractivity contribution in [3.05, 3.63) is 30.3 Å². The number of fused-ring (bicyclic) bond motifs is 1. The van der Waals surface area contributed by atoms with Crippen LogP contribution < -0.4 is 0 Å². The van der Waals surface area contributed by atoms with Gasteiger partial charge in [-0.2, -0.15) is 0 Å². The molecular weight excluding hydrogens is 174 g/mol. The summed E-state index contributed by atoms with van der Waals surface area (Å²) >= 11 is 0. The van der Waals surface area contributed by atoms with E-state index in [0.717, 1.165) is 17.4 Å². The number of nitrogens with zero attached hydrogens (tertiary/aromatic N) is 1. The molecule has 0 N–H and O–H groups in total. The maximum absolute atomic E-state index is 5.45. The number of aromatic nitrogens is 1. The molecule has 2 aromatic heterocycles. The Morgan fingerprint density at radius 3 is 2.79 bits per heavy atom. The smallest absolute Gasteiger partial charge is 0.140 e. The molecule has 0 saturated carbocycles. The minimum absolute atomic E-state index is 0.267. The van der Waals surface area contributed by atoms with Crippen molar-refractivity contribution in [2.75, 3.05) is 0 Å². The predicted molar refractivity (Wildman–Crippen MR) is 57.2 cm³/mol. The van der Waals surface area contributed by atoms with Crippen LogP contribution in [0.25, 0.3) is 11.0 Å². The van der Waals surface area contributed by atoms with Crippen LogP contribution in [0.2, 0.25) is 0 Å².